The maximum Gasteiger partial charge on any atom is 0.404 e. The van der Waals surface area contributed by atoms with Crippen LogP contribution in [0.2, 0.25) is 0 Å². The van der Waals surface area contributed by atoms with Crippen LogP contribution in [0.1, 0.15) is 12.8 Å². The van der Waals surface area contributed by atoms with Crippen molar-refractivity contribution in [3.8, 4) is 0 Å². The number of hydrogen-bond donors (Lipinski definition) is 2. The van der Waals surface area contributed by atoms with Crippen molar-refractivity contribution in [3.63, 3.8) is 0 Å². The van der Waals surface area contributed by atoms with Crippen molar-refractivity contribution < 1.29 is 9.90 Å². The number of halogens is 1. The third-order valence-electron chi connectivity index (χ3n) is 1.41. The number of nitrogens with one attached hydrogen (secondary N) is 1. The van der Waals surface area contributed by atoms with Gasteiger partial charge in [0.05, 0.1) is 0 Å². The van der Waals surface area contributed by atoms with E-state index in [1.54, 1.807) is 0 Å². The summed E-state index contributed by atoms with van der Waals surface area (Å²) in [6, 6.07) is 0.187. The molecule has 1 aliphatic rings. The van der Waals surface area contributed by atoms with Crippen LogP contribution in [0.15, 0.2) is 0 Å². The molecule has 1 saturated carbocycles. The van der Waals surface area contributed by atoms with Crippen LogP contribution in [0.5, 0.6) is 0 Å². The molecule has 0 atom stereocenters. The minimum absolute atomic E-state index is 0.187. The quantitative estimate of drug-likeness (QED) is 0.615. The fourth-order valence-electron chi connectivity index (χ4n) is 0.841. The van der Waals surface area contributed by atoms with Gasteiger partial charge in [-0.3, -0.25) is 0 Å². The SMILES string of the molecule is O=C(O)N[C@H]1C[C@@H](Br)C1. The van der Waals surface area contributed by atoms with E-state index in [2.05, 4.69) is 21.2 Å². The molecule has 2 N–H and O–H groups in total. The Kier molecular flexibility index (Phi) is 1.95. The second-order valence-electron chi connectivity index (χ2n) is 2.22. The van der Waals surface area contributed by atoms with Gasteiger partial charge in [0.15, 0.2) is 0 Å². The highest BCUT2D eigenvalue weighted by Crippen LogP contribution is 2.26. The van der Waals surface area contributed by atoms with Gasteiger partial charge in [0.1, 0.15) is 0 Å². The molecule has 1 aliphatic carbocycles. The highest BCUT2D eigenvalue weighted by Gasteiger charge is 2.27. The van der Waals surface area contributed by atoms with E-state index in [9.17, 15) is 4.79 Å². The van der Waals surface area contributed by atoms with Gasteiger partial charge in [0.25, 0.3) is 0 Å². The van der Waals surface area contributed by atoms with Crippen LogP contribution in [0, 0.1) is 0 Å². The Bertz CT molecular complexity index is 122. The molecule has 0 saturated heterocycles. The van der Waals surface area contributed by atoms with Gasteiger partial charge in [0.2, 0.25) is 0 Å². The van der Waals surface area contributed by atoms with E-state index in [0.29, 0.717) is 4.83 Å². The molecule has 9 heavy (non-hydrogen) atoms. The Hall–Kier alpha value is -0.250. The first kappa shape index (κ1) is 6.86. The predicted molar refractivity (Wildman–Crippen MR) is 36.9 cm³/mol. The standard InChI is InChI=1S/C5H8BrNO2/c6-3-1-4(2-3)7-5(8)9/h3-4,7H,1-2H2,(H,8,9)/t3-,4+. The minimum atomic E-state index is -0.917. The molecule has 0 aromatic rings. The molecular weight excluding hydrogens is 186 g/mol. The second-order valence-corrected chi connectivity index (χ2v) is 3.51. The van der Waals surface area contributed by atoms with Crippen LogP contribution in [0.3, 0.4) is 0 Å². The Morgan fingerprint density at radius 3 is 2.56 bits per heavy atom. The lowest BCUT2D eigenvalue weighted by Crippen LogP contribution is -2.44. The molecule has 0 heterocycles. The van der Waals surface area contributed by atoms with Crippen LogP contribution < -0.4 is 5.32 Å². The second kappa shape index (κ2) is 2.56. The first-order valence-electron chi connectivity index (χ1n) is 2.82. The summed E-state index contributed by atoms with van der Waals surface area (Å²) in [6.07, 6.45) is 0.929. The zero-order valence-electron chi connectivity index (χ0n) is 4.80. The molecule has 0 spiro atoms. The molecule has 1 amide bonds. The summed E-state index contributed by atoms with van der Waals surface area (Å²) < 4.78 is 0. The summed E-state index contributed by atoms with van der Waals surface area (Å²) in [4.78, 5) is 10.5. The molecule has 0 aromatic carbocycles. The van der Waals surface area contributed by atoms with Crippen molar-refractivity contribution in [2.45, 2.75) is 23.7 Å². The van der Waals surface area contributed by atoms with Crippen LogP contribution in [-0.4, -0.2) is 22.1 Å². The third-order valence-corrected chi connectivity index (χ3v) is 2.16. The lowest BCUT2D eigenvalue weighted by molar-refractivity contribution is 0.183. The topological polar surface area (TPSA) is 49.3 Å². The molecule has 1 fully saturated rings. The van der Waals surface area contributed by atoms with Crippen molar-refractivity contribution in [3.05, 3.63) is 0 Å². The molecule has 0 unspecified atom stereocenters. The average molecular weight is 194 g/mol. The van der Waals surface area contributed by atoms with Gasteiger partial charge in [-0.05, 0) is 12.8 Å². The monoisotopic (exact) mass is 193 g/mol. The number of alkyl halides is 1. The summed E-state index contributed by atoms with van der Waals surface area (Å²) in [5.74, 6) is 0. The first-order chi connectivity index (χ1) is 4.18. The van der Waals surface area contributed by atoms with Crippen molar-refractivity contribution in [2.75, 3.05) is 0 Å². The summed E-state index contributed by atoms with van der Waals surface area (Å²) in [6.45, 7) is 0. The van der Waals surface area contributed by atoms with Gasteiger partial charge in [-0.2, -0.15) is 0 Å². The normalized spacial score (nSPS) is 33.0. The van der Waals surface area contributed by atoms with E-state index < -0.39 is 6.09 Å². The summed E-state index contributed by atoms with van der Waals surface area (Å²) in [7, 11) is 0. The number of rotatable bonds is 1. The smallest absolute Gasteiger partial charge is 0.404 e. The Morgan fingerprint density at radius 1 is 1.67 bits per heavy atom. The molecule has 52 valence electrons. The van der Waals surface area contributed by atoms with Gasteiger partial charge in [0, 0.05) is 10.9 Å². The molecule has 4 heteroatoms. The number of amides is 1. The summed E-state index contributed by atoms with van der Waals surface area (Å²) in [5.41, 5.74) is 0. The number of carbonyl (C=O) groups is 1. The van der Waals surface area contributed by atoms with Gasteiger partial charge in [-0.1, -0.05) is 15.9 Å². The number of carboxylic acid groups (broad SMARTS) is 1. The van der Waals surface area contributed by atoms with E-state index in [4.69, 9.17) is 5.11 Å². The lowest BCUT2D eigenvalue weighted by Gasteiger charge is -2.30. The predicted octanol–water partition coefficient (Wildman–Crippen LogP) is 1.18. The molecular formula is C5H8BrNO2. The fourth-order valence-corrected chi connectivity index (χ4v) is 1.74. The van der Waals surface area contributed by atoms with Crippen LogP contribution >= 0.6 is 15.9 Å². The van der Waals surface area contributed by atoms with Crippen molar-refractivity contribution >= 4 is 22.0 Å². The highest BCUT2D eigenvalue weighted by atomic mass is 79.9. The van der Waals surface area contributed by atoms with Gasteiger partial charge < -0.3 is 10.4 Å². The number of hydrogen-bond acceptors (Lipinski definition) is 1. The Morgan fingerprint density at radius 2 is 2.22 bits per heavy atom. The van der Waals surface area contributed by atoms with Gasteiger partial charge in [-0.15, -0.1) is 0 Å². The van der Waals surface area contributed by atoms with Crippen LogP contribution in [0.4, 0.5) is 4.79 Å². The van der Waals surface area contributed by atoms with Crippen LogP contribution in [-0.2, 0) is 0 Å². The summed E-state index contributed by atoms with van der Waals surface area (Å²) in [5, 5.41) is 10.6. The molecule has 0 bridgehead atoms. The average Bonchev–Trinajstić information content (AvgIpc) is 1.60. The van der Waals surface area contributed by atoms with Crippen molar-refractivity contribution in [1.82, 2.24) is 5.32 Å². The largest absolute Gasteiger partial charge is 0.465 e. The molecule has 1 rings (SSSR count). The van der Waals surface area contributed by atoms with Crippen molar-refractivity contribution in [2.24, 2.45) is 0 Å². The zero-order chi connectivity index (χ0) is 6.85. The van der Waals surface area contributed by atoms with Crippen molar-refractivity contribution in [1.29, 1.82) is 0 Å². The third kappa shape index (κ3) is 1.86. The van der Waals surface area contributed by atoms with Gasteiger partial charge >= 0.3 is 6.09 Å². The first-order valence-corrected chi connectivity index (χ1v) is 3.73. The maximum atomic E-state index is 9.98. The Balaban J connectivity index is 2.11. The van der Waals surface area contributed by atoms with E-state index in [0.717, 1.165) is 12.8 Å². The zero-order valence-corrected chi connectivity index (χ0v) is 6.39. The van der Waals surface area contributed by atoms with E-state index in [-0.39, 0.29) is 6.04 Å². The maximum absolute atomic E-state index is 9.98. The molecule has 3 nitrogen and oxygen atoms in total. The lowest BCUT2D eigenvalue weighted by atomic mass is 9.93. The summed E-state index contributed by atoms with van der Waals surface area (Å²) >= 11 is 3.36. The molecule has 0 aliphatic heterocycles. The Labute approximate surface area is 61.6 Å². The van der Waals surface area contributed by atoms with E-state index in [1.165, 1.54) is 0 Å². The van der Waals surface area contributed by atoms with E-state index in [1.807, 2.05) is 0 Å². The van der Waals surface area contributed by atoms with Gasteiger partial charge in [-0.25, -0.2) is 4.79 Å². The fraction of sp³-hybridized carbons (Fsp3) is 0.800. The van der Waals surface area contributed by atoms with E-state index >= 15 is 0 Å². The van der Waals surface area contributed by atoms with Crippen LogP contribution in [0.25, 0.3) is 0 Å². The molecule has 0 radical (unpaired) electrons. The highest BCUT2D eigenvalue weighted by molar-refractivity contribution is 9.09. The molecule has 0 aromatic heterocycles. The minimum Gasteiger partial charge on any atom is -0.465 e.